The van der Waals surface area contributed by atoms with Crippen molar-refractivity contribution < 1.29 is 4.92 Å². The van der Waals surface area contributed by atoms with Crippen LogP contribution in [0.15, 0.2) is 24.3 Å². The third-order valence-corrected chi connectivity index (χ3v) is 2.34. The van der Waals surface area contributed by atoms with Gasteiger partial charge >= 0.3 is 0 Å². The average Bonchev–Trinajstić information content (AvgIpc) is 2.89. The van der Waals surface area contributed by atoms with Crippen LogP contribution < -0.4 is 0 Å². The van der Waals surface area contributed by atoms with Crippen molar-refractivity contribution in [3.05, 3.63) is 39.9 Å². The standard InChI is InChI=1S/C10H11NO2/c12-11(13)10-3-1-2-9(7-10)6-8-4-5-8/h1-3,7-8H,4-6H2. The fraction of sp³-hybridized carbons (Fsp3) is 0.400. The summed E-state index contributed by atoms with van der Waals surface area (Å²) in [5, 5.41) is 10.5. The molecule has 1 aromatic rings. The number of nitro groups is 1. The molecule has 1 aliphatic rings. The molecule has 0 bridgehead atoms. The lowest BCUT2D eigenvalue weighted by molar-refractivity contribution is -0.384. The largest absolute Gasteiger partial charge is 0.269 e. The Hall–Kier alpha value is -1.38. The van der Waals surface area contributed by atoms with E-state index in [2.05, 4.69) is 0 Å². The van der Waals surface area contributed by atoms with Gasteiger partial charge in [-0.25, -0.2) is 0 Å². The molecule has 0 aliphatic heterocycles. The molecule has 1 saturated carbocycles. The van der Waals surface area contributed by atoms with Crippen LogP contribution in [0.25, 0.3) is 0 Å². The Morgan fingerprint density at radius 3 is 2.85 bits per heavy atom. The Labute approximate surface area is 76.5 Å². The first kappa shape index (κ1) is 8.23. The summed E-state index contributed by atoms with van der Waals surface area (Å²) in [6.07, 6.45) is 3.56. The fourth-order valence-electron chi connectivity index (χ4n) is 1.45. The zero-order valence-corrected chi connectivity index (χ0v) is 7.27. The molecule has 1 aromatic carbocycles. The van der Waals surface area contributed by atoms with Crippen molar-refractivity contribution in [3.63, 3.8) is 0 Å². The zero-order chi connectivity index (χ0) is 9.26. The Morgan fingerprint density at radius 1 is 1.46 bits per heavy atom. The molecule has 2 rings (SSSR count). The van der Waals surface area contributed by atoms with Crippen LogP contribution in [0.3, 0.4) is 0 Å². The van der Waals surface area contributed by atoms with Gasteiger partial charge in [-0.1, -0.05) is 12.1 Å². The van der Waals surface area contributed by atoms with E-state index in [-0.39, 0.29) is 10.6 Å². The van der Waals surface area contributed by atoms with Gasteiger partial charge in [-0.05, 0) is 30.7 Å². The number of benzene rings is 1. The lowest BCUT2D eigenvalue weighted by atomic mass is 10.1. The molecule has 3 heteroatoms. The van der Waals surface area contributed by atoms with Crippen molar-refractivity contribution in [2.75, 3.05) is 0 Å². The highest BCUT2D eigenvalue weighted by Crippen LogP contribution is 2.33. The Balaban J connectivity index is 2.15. The smallest absolute Gasteiger partial charge is 0.258 e. The lowest BCUT2D eigenvalue weighted by Gasteiger charge is -1.98. The van der Waals surface area contributed by atoms with Crippen molar-refractivity contribution in [3.8, 4) is 0 Å². The van der Waals surface area contributed by atoms with Gasteiger partial charge in [0.2, 0.25) is 0 Å². The number of hydrogen-bond acceptors (Lipinski definition) is 2. The molecule has 0 atom stereocenters. The molecule has 13 heavy (non-hydrogen) atoms. The molecule has 68 valence electrons. The normalized spacial score (nSPS) is 15.7. The molecule has 0 spiro atoms. The molecule has 3 nitrogen and oxygen atoms in total. The quantitative estimate of drug-likeness (QED) is 0.526. The van der Waals surface area contributed by atoms with Gasteiger partial charge in [-0.15, -0.1) is 0 Å². The maximum absolute atomic E-state index is 10.5. The Kier molecular flexibility index (Phi) is 2.00. The number of rotatable bonds is 3. The topological polar surface area (TPSA) is 43.1 Å². The Morgan fingerprint density at radius 2 is 2.23 bits per heavy atom. The highest BCUT2D eigenvalue weighted by molar-refractivity contribution is 5.34. The summed E-state index contributed by atoms with van der Waals surface area (Å²) >= 11 is 0. The molecule has 0 saturated heterocycles. The van der Waals surface area contributed by atoms with Crippen LogP contribution in [-0.4, -0.2) is 4.92 Å². The minimum absolute atomic E-state index is 0.207. The van der Waals surface area contributed by atoms with Crippen molar-refractivity contribution >= 4 is 5.69 Å². The molecule has 0 N–H and O–H groups in total. The molecule has 0 aromatic heterocycles. The van der Waals surface area contributed by atoms with Gasteiger partial charge in [0.1, 0.15) is 0 Å². The van der Waals surface area contributed by atoms with E-state index in [1.54, 1.807) is 12.1 Å². The summed E-state index contributed by atoms with van der Waals surface area (Å²) < 4.78 is 0. The van der Waals surface area contributed by atoms with Crippen LogP contribution in [-0.2, 0) is 6.42 Å². The van der Waals surface area contributed by atoms with E-state index < -0.39 is 0 Å². The van der Waals surface area contributed by atoms with E-state index >= 15 is 0 Å². The summed E-state index contributed by atoms with van der Waals surface area (Å²) in [6, 6.07) is 6.94. The van der Waals surface area contributed by atoms with Crippen molar-refractivity contribution in [2.24, 2.45) is 5.92 Å². The van der Waals surface area contributed by atoms with Crippen LogP contribution in [0.4, 0.5) is 5.69 Å². The van der Waals surface area contributed by atoms with E-state index in [0.29, 0.717) is 0 Å². The van der Waals surface area contributed by atoms with Gasteiger partial charge in [-0.2, -0.15) is 0 Å². The second-order valence-corrected chi connectivity index (χ2v) is 3.57. The summed E-state index contributed by atoms with van der Waals surface area (Å²) in [5.74, 6) is 0.780. The summed E-state index contributed by atoms with van der Waals surface area (Å²) in [7, 11) is 0. The SMILES string of the molecule is O=[N+]([O-])c1cccc(CC2CC2)c1. The first-order chi connectivity index (χ1) is 6.25. The molecule has 0 unspecified atom stereocenters. The molecule has 0 amide bonds. The van der Waals surface area contributed by atoms with Gasteiger partial charge in [0.25, 0.3) is 5.69 Å². The molecule has 0 heterocycles. The predicted octanol–water partition coefficient (Wildman–Crippen LogP) is 2.55. The third kappa shape index (κ3) is 2.05. The summed E-state index contributed by atoms with van der Waals surface area (Å²) in [4.78, 5) is 10.1. The molecule has 1 fully saturated rings. The van der Waals surface area contributed by atoms with E-state index in [4.69, 9.17) is 0 Å². The first-order valence-electron chi connectivity index (χ1n) is 4.49. The summed E-state index contributed by atoms with van der Waals surface area (Å²) in [6.45, 7) is 0. The highest BCUT2D eigenvalue weighted by atomic mass is 16.6. The van der Waals surface area contributed by atoms with E-state index in [1.807, 2.05) is 6.07 Å². The minimum atomic E-state index is -0.337. The third-order valence-electron chi connectivity index (χ3n) is 2.34. The fourth-order valence-corrected chi connectivity index (χ4v) is 1.45. The highest BCUT2D eigenvalue weighted by Gasteiger charge is 2.21. The number of hydrogen-bond donors (Lipinski definition) is 0. The van der Waals surface area contributed by atoms with E-state index in [1.165, 1.54) is 18.9 Å². The van der Waals surface area contributed by atoms with Gasteiger partial charge < -0.3 is 0 Å². The molecule has 0 radical (unpaired) electrons. The van der Waals surface area contributed by atoms with Gasteiger partial charge in [-0.3, -0.25) is 10.1 Å². The van der Waals surface area contributed by atoms with Crippen molar-refractivity contribution in [1.29, 1.82) is 0 Å². The van der Waals surface area contributed by atoms with Crippen LogP contribution in [0.1, 0.15) is 18.4 Å². The Bertz CT molecular complexity index is 331. The maximum Gasteiger partial charge on any atom is 0.269 e. The maximum atomic E-state index is 10.5. The van der Waals surface area contributed by atoms with E-state index in [0.717, 1.165) is 17.9 Å². The van der Waals surface area contributed by atoms with E-state index in [9.17, 15) is 10.1 Å². The minimum Gasteiger partial charge on any atom is -0.258 e. The number of nitro benzene ring substituents is 1. The average molecular weight is 177 g/mol. The second kappa shape index (κ2) is 3.17. The second-order valence-electron chi connectivity index (χ2n) is 3.57. The van der Waals surface area contributed by atoms with Gasteiger partial charge in [0, 0.05) is 12.1 Å². The molecular weight excluding hydrogens is 166 g/mol. The van der Waals surface area contributed by atoms with Gasteiger partial charge in [0.05, 0.1) is 4.92 Å². The predicted molar refractivity (Wildman–Crippen MR) is 49.5 cm³/mol. The monoisotopic (exact) mass is 177 g/mol. The van der Waals surface area contributed by atoms with Crippen LogP contribution in [0.2, 0.25) is 0 Å². The number of non-ortho nitro benzene ring substituents is 1. The van der Waals surface area contributed by atoms with Crippen LogP contribution >= 0.6 is 0 Å². The number of nitrogens with zero attached hydrogens (tertiary/aromatic N) is 1. The summed E-state index contributed by atoms with van der Waals surface area (Å²) in [5.41, 5.74) is 1.30. The lowest BCUT2D eigenvalue weighted by Crippen LogP contribution is -1.91. The van der Waals surface area contributed by atoms with Gasteiger partial charge in [0.15, 0.2) is 0 Å². The molecule has 1 aliphatic carbocycles. The van der Waals surface area contributed by atoms with Crippen molar-refractivity contribution in [1.82, 2.24) is 0 Å². The zero-order valence-electron chi connectivity index (χ0n) is 7.27. The molecular formula is C10H11NO2. The van der Waals surface area contributed by atoms with Crippen LogP contribution in [0.5, 0.6) is 0 Å². The first-order valence-corrected chi connectivity index (χ1v) is 4.49. The van der Waals surface area contributed by atoms with Crippen molar-refractivity contribution in [2.45, 2.75) is 19.3 Å². The van der Waals surface area contributed by atoms with Crippen LogP contribution in [0, 0.1) is 16.0 Å².